The zero-order valence-corrected chi connectivity index (χ0v) is 10.6. The molecule has 18 heavy (non-hydrogen) atoms. The van der Waals surface area contributed by atoms with Crippen molar-refractivity contribution in [2.45, 2.75) is 0 Å². The molecule has 0 radical (unpaired) electrons. The van der Waals surface area contributed by atoms with Gasteiger partial charge in [-0.3, -0.25) is 4.79 Å². The topological polar surface area (TPSA) is 29.1 Å². The van der Waals surface area contributed by atoms with Crippen molar-refractivity contribution in [2.24, 2.45) is 0 Å². The predicted molar refractivity (Wildman–Crippen MR) is 70.8 cm³/mol. The standard InChI is InChI=1S/C13H8Cl2FNO/c14-9-3-1-2-8(6-9)13(18)17-12-5-4-10(15)7-11(12)16/h1-7H,(H,17,18). The van der Waals surface area contributed by atoms with Crippen LogP contribution in [0.3, 0.4) is 0 Å². The maximum atomic E-state index is 13.5. The van der Waals surface area contributed by atoms with E-state index >= 15 is 0 Å². The Morgan fingerprint density at radius 3 is 2.44 bits per heavy atom. The Kier molecular flexibility index (Phi) is 3.84. The summed E-state index contributed by atoms with van der Waals surface area (Å²) < 4.78 is 13.5. The van der Waals surface area contributed by atoms with Crippen molar-refractivity contribution < 1.29 is 9.18 Å². The van der Waals surface area contributed by atoms with Gasteiger partial charge >= 0.3 is 0 Å². The summed E-state index contributed by atoms with van der Waals surface area (Å²) in [6.45, 7) is 0. The number of carbonyl (C=O) groups is 1. The largest absolute Gasteiger partial charge is 0.319 e. The summed E-state index contributed by atoms with van der Waals surface area (Å²) in [4.78, 5) is 11.8. The third kappa shape index (κ3) is 3.00. The van der Waals surface area contributed by atoms with Crippen LogP contribution in [0.1, 0.15) is 10.4 Å². The Morgan fingerprint density at radius 1 is 1.06 bits per heavy atom. The molecule has 0 aliphatic heterocycles. The Balaban J connectivity index is 2.21. The number of amides is 1. The maximum absolute atomic E-state index is 13.5. The van der Waals surface area contributed by atoms with E-state index in [0.717, 1.165) is 6.07 Å². The van der Waals surface area contributed by atoms with Gasteiger partial charge in [0.2, 0.25) is 0 Å². The van der Waals surface area contributed by atoms with E-state index < -0.39 is 11.7 Å². The number of anilines is 1. The minimum absolute atomic E-state index is 0.0735. The van der Waals surface area contributed by atoms with Crippen molar-refractivity contribution in [1.29, 1.82) is 0 Å². The van der Waals surface area contributed by atoms with Crippen molar-refractivity contribution in [3.05, 3.63) is 63.9 Å². The van der Waals surface area contributed by atoms with Crippen LogP contribution in [0, 0.1) is 5.82 Å². The summed E-state index contributed by atoms with van der Waals surface area (Å²) in [7, 11) is 0. The molecule has 2 nitrogen and oxygen atoms in total. The average molecular weight is 284 g/mol. The quantitative estimate of drug-likeness (QED) is 0.870. The number of halogens is 3. The molecule has 0 aliphatic rings. The SMILES string of the molecule is O=C(Nc1ccc(Cl)cc1F)c1cccc(Cl)c1. The number of rotatable bonds is 2. The summed E-state index contributed by atoms with van der Waals surface area (Å²) in [6, 6.07) is 10.4. The monoisotopic (exact) mass is 283 g/mol. The number of hydrogen-bond donors (Lipinski definition) is 1. The van der Waals surface area contributed by atoms with Gasteiger partial charge in [0.05, 0.1) is 5.69 Å². The molecule has 92 valence electrons. The molecule has 0 atom stereocenters. The molecule has 0 saturated heterocycles. The minimum Gasteiger partial charge on any atom is -0.319 e. The van der Waals surface area contributed by atoms with E-state index in [1.54, 1.807) is 18.2 Å². The van der Waals surface area contributed by atoms with E-state index in [9.17, 15) is 9.18 Å². The first-order chi connectivity index (χ1) is 8.56. The summed E-state index contributed by atoms with van der Waals surface area (Å²) in [5, 5.41) is 3.16. The number of hydrogen-bond acceptors (Lipinski definition) is 1. The molecule has 2 rings (SSSR count). The van der Waals surface area contributed by atoms with Gasteiger partial charge in [-0.05, 0) is 36.4 Å². The Hall–Kier alpha value is -1.58. The second-order valence-electron chi connectivity index (χ2n) is 3.59. The predicted octanol–water partition coefficient (Wildman–Crippen LogP) is 4.38. The fourth-order valence-corrected chi connectivity index (χ4v) is 1.76. The van der Waals surface area contributed by atoms with Gasteiger partial charge in [0.15, 0.2) is 0 Å². The highest BCUT2D eigenvalue weighted by molar-refractivity contribution is 6.31. The second kappa shape index (κ2) is 5.38. The highest BCUT2D eigenvalue weighted by Crippen LogP contribution is 2.20. The summed E-state index contributed by atoms with van der Waals surface area (Å²) in [5.41, 5.74) is 0.432. The maximum Gasteiger partial charge on any atom is 0.255 e. The van der Waals surface area contributed by atoms with Gasteiger partial charge in [-0.15, -0.1) is 0 Å². The average Bonchev–Trinajstić information content (AvgIpc) is 2.32. The van der Waals surface area contributed by atoms with E-state index in [4.69, 9.17) is 23.2 Å². The van der Waals surface area contributed by atoms with Gasteiger partial charge in [0.1, 0.15) is 5.82 Å². The van der Waals surface area contributed by atoms with Gasteiger partial charge in [-0.25, -0.2) is 4.39 Å². The Labute approximate surface area is 113 Å². The highest BCUT2D eigenvalue weighted by atomic mass is 35.5. The first-order valence-electron chi connectivity index (χ1n) is 5.08. The van der Waals surface area contributed by atoms with E-state index in [-0.39, 0.29) is 10.7 Å². The molecule has 0 fully saturated rings. The van der Waals surface area contributed by atoms with Crippen molar-refractivity contribution >= 4 is 34.8 Å². The van der Waals surface area contributed by atoms with Crippen LogP contribution in [-0.2, 0) is 0 Å². The lowest BCUT2D eigenvalue weighted by Gasteiger charge is -2.06. The molecule has 2 aromatic carbocycles. The molecule has 0 unspecified atom stereocenters. The first-order valence-corrected chi connectivity index (χ1v) is 5.84. The third-order valence-corrected chi connectivity index (χ3v) is 2.74. The zero-order chi connectivity index (χ0) is 13.1. The molecule has 0 spiro atoms. The van der Waals surface area contributed by atoms with Crippen LogP contribution in [0.4, 0.5) is 10.1 Å². The van der Waals surface area contributed by atoms with Crippen LogP contribution < -0.4 is 5.32 Å². The molecule has 0 aromatic heterocycles. The van der Waals surface area contributed by atoms with Gasteiger partial charge in [0, 0.05) is 15.6 Å². The Morgan fingerprint density at radius 2 is 1.78 bits per heavy atom. The lowest BCUT2D eigenvalue weighted by molar-refractivity contribution is 0.102. The summed E-state index contributed by atoms with van der Waals surface area (Å²) in [6.07, 6.45) is 0. The van der Waals surface area contributed by atoms with Gasteiger partial charge in [-0.1, -0.05) is 29.3 Å². The minimum atomic E-state index is -0.585. The molecule has 0 aliphatic carbocycles. The van der Waals surface area contributed by atoms with E-state index in [1.807, 2.05) is 0 Å². The van der Waals surface area contributed by atoms with E-state index in [1.165, 1.54) is 18.2 Å². The van der Waals surface area contributed by atoms with Crippen LogP contribution in [0.25, 0.3) is 0 Å². The molecule has 5 heteroatoms. The van der Waals surface area contributed by atoms with Crippen molar-refractivity contribution in [3.63, 3.8) is 0 Å². The fourth-order valence-electron chi connectivity index (χ4n) is 1.42. The molecule has 1 N–H and O–H groups in total. The highest BCUT2D eigenvalue weighted by Gasteiger charge is 2.09. The van der Waals surface area contributed by atoms with Crippen molar-refractivity contribution in [2.75, 3.05) is 5.32 Å². The smallest absolute Gasteiger partial charge is 0.255 e. The third-order valence-electron chi connectivity index (χ3n) is 2.27. The lowest BCUT2D eigenvalue weighted by atomic mass is 10.2. The summed E-state index contributed by atoms with van der Waals surface area (Å²) in [5.74, 6) is -1.02. The zero-order valence-electron chi connectivity index (χ0n) is 9.08. The lowest BCUT2D eigenvalue weighted by Crippen LogP contribution is -2.12. The molecule has 2 aromatic rings. The molecule has 0 saturated carbocycles. The fraction of sp³-hybridized carbons (Fsp3) is 0. The number of carbonyl (C=O) groups excluding carboxylic acids is 1. The first kappa shape index (κ1) is 12.9. The molecule has 1 amide bonds. The number of benzene rings is 2. The van der Waals surface area contributed by atoms with Gasteiger partial charge in [-0.2, -0.15) is 0 Å². The van der Waals surface area contributed by atoms with Crippen molar-refractivity contribution in [1.82, 2.24) is 0 Å². The summed E-state index contributed by atoms with van der Waals surface area (Å²) >= 11 is 11.4. The van der Waals surface area contributed by atoms with Gasteiger partial charge in [0.25, 0.3) is 5.91 Å². The normalized spacial score (nSPS) is 10.2. The van der Waals surface area contributed by atoms with Gasteiger partial charge < -0.3 is 5.32 Å². The van der Waals surface area contributed by atoms with E-state index in [2.05, 4.69) is 5.32 Å². The molecular formula is C13H8Cl2FNO. The molecule has 0 heterocycles. The van der Waals surface area contributed by atoms with Crippen LogP contribution in [0.2, 0.25) is 10.0 Å². The second-order valence-corrected chi connectivity index (χ2v) is 4.46. The number of nitrogens with one attached hydrogen (secondary N) is 1. The Bertz CT molecular complexity index is 601. The molecular weight excluding hydrogens is 276 g/mol. The van der Waals surface area contributed by atoms with Crippen LogP contribution in [-0.4, -0.2) is 5.91 Å². The van der Waals surface area contributed by atoms with Crippen LogP contribution >= 0.6 is 23.2 Å². The van der Waals surface area contributed by atoms with E-state index in [0.29, 0.717) is 10.6 Å². The van der Waals surface area contributed by atoms with Crippen molar-refractivity contribution in [3.8, 4) is 0 Å². The molecule has 0 bridgehead atoms. The van der Waals surface area contributed by atoms with Crippen LogP contribution in [0.5, 0.6) is 0 Å². The van der Waals surface area contributed by atoms with Crippen LogP contribution in [0.15, 0.2) is 42.5 Å².